The average Bonchev–Trinajstić information content (AvgIpc) is 3.40. The minimum Gasteiger partial charge on any atom is -0.465 e. The fourth-order valence-electron chi connectivity index (χ4n) is 4.41. The number of carboxylic acid groups (broad SMARTS) is 1. The normalized spacial score (nSPS) is 11.9. The summed E-state index contributed by atoms with van der Waals surface area (Å²) in [6.07, 6.45) is 4.14. The summed E-state index contributed by atoms with van der Waals surface area (Å²) in [5, 5.41) is 11.6. The van der Waals surface area contributed by atoms with Crippen molar-refractivity contribution in [3.8, 4) is 5.69 Å². The van der Waals surface area contributed by atoms with Crippen LogP contribution in [0.25, 0.3) is 16.6 Å². The fourth-order valence-corrected chi connectivity index (χ4v) is 4.41. The number of hydrogen-bond acceptors (Lipinski definition) is 4. The molecule has 2 aromatic heterocycles. The number of nitrogens with zero attached hydrogens (tertiary/aromatic N) is 4. The van der Waals surface area contributed by atoms with Crippen molar-refractivity contribution in [2.75, 3.05) is 5.32 Å². The van der Waals surface area contributed by atoms with E-state index < -0.39 is 17.3 Å². The van der Waals surface area contributed by atoms with Crippen molar-refractivity contribution in [3.63, 3.8) is 0 Å². The second kappa shape index (κ2) is 9.75. The highest BCUT2D eigenvalue weighted by atomic mass is 16.4. The molecule has 1 amide bonds. The lowest BCUT2D eigenvalue weighted by molar-refractivity contribution is 0.209. The molecule has 9 heteroatoms. The van der Waals surface area contributed by atoms with Crippen LogP contribution in [0.2, 0.25) is 0 Å². The molecule has 5 rings (SSSR count). The van der Waals surface area contributed by atoms with Crippen molar-refractivity contribution in [1.29, 1.82) is 0 Å². The molecule has 1 atom stereocenters. The van der Waals surface area contributed by atoms with E-state index >= 15 is 0 Å². The highest BCUT2D eigenvalue weighted by Crippen LogP contribution is 2.22. The zero-order chi connectivity index (χ0) is 25.1. The van der Waals surface area contributed by atoms with E-state index in [1.807, 2.05) is 47.2 Å². The average molecular weight is 482 g/mol. The summed E-state index contributed by atoms with van der Waals surface area (Å²) in [6, 6.07) is 23.1. The van der Waals surface area contributed by atoms with Crippen LogP contribution in [-0.4, -0.2) is 29.9 Å². The number of carbonyl (C=O) groups is 1. The third-order valence-corrected chi connectivity index (χ3v) is 6.09. The van der Waals surface area contributed by atoms with E-state index in [-0.39, 0.29) is 5.92 Å². The lowest BCUT2D eigenvalue weighted by Gasteiger charge is -2.22. The Hall–Kier alpha value is -4.92. The van der Waals surface area contributed by atoms with E-state index in [2.05, 4.69) is 10.3 Å². The Morgan fingerprint density at radius 2 is 1.64 bits per heavy atom. The molecule has 0 spiro atoms. The number of nitrogens with one attached hydrogen (secondary N) is 1. The van der Waals surface area contributed by atoms with Crippen molar-refractivity contribution >= 4 is 22.7 Å². The predicted octanol–water partition coefficient (Wildman–Crippen LogP) is 3.92. The van der Waals surface area contributed by atoms with Gasteiger partial charge in [0.1, 0.15) is 0 Å². The summed E-state index contributed by atoms with van der Waals surface area (Å²) in [5.74, 6) is -0.0744. The third kappa shape index (κ3) is 4.54. The zero-order valence-corrected chi connectivity index (χ0v) is 19.2. The Morgan fingerprint density at radius 1 is 0.917 bits per heavy atom. The van der Waals surface area contributed by atoms with E-state index in [4.69, 9.17) is 5.11 Å². The van der Waals surface area contributed by atoms with Crippen molar-refractivity contribution in [1.82, 2.24) is 18.7 Å². The van der Waals surface area contributed by atoms with Crippen molar-refractivity contribution in [2.45, 2.75) is 19.0 Å². The van der Waals surface area contributed by atoms with Crippen LogP contribution in [0.3, 0.4) is 0 Å². The molecular weight excluding hydrogens is 458 g/mol. The molecule has 0 aliphatic rings. The summed E-state index contributed by atoms with van der Waals surface area (Å²) in [6.45, 7) is 0.930. The van der Waals surface area contributed by atoms with Gasteiger partial charge in [-0.05, 0) is 42.0 Å². The third-order valence-electron chi connectivity index (χ3n) is 6.09. The van der Waals surface area contributed by atoms with Crippen LogP contribution in [0, 0.1) is 0 Å². The van der Waals surface area contributed by atoms with Gasteiger partial charge in [0.05, 0.1) is 22.9 Å². The maximum atomic E-state index is 13.8. The molecule has 0 saturated heterocycles. The highest BCUT2D eigenvalue weighted by Gasteiger charge is 2.19. The van der Waals surface area contributed by atoms with Crippen LogP contribution >= 0.6 is 0 Å². The lowest BCUT2D eigenvalue weighted by Crippen LogP contribution is -2.40. The molecule has 180 valence electrons. The van der Waals surface area contributed by atoms with Gasteiger partial charge in [-0.1, -0.05) is 42.5 Å². The van der Waals surface area contributed by atoms with E-state index in [9.17, 15) is 14.4 Å². The molecule has 0 aliphatic heterocycles. The highest BCUT2D eigenvalue weighted by molar-refractivity contribution is 5.83. The minimum atomic E-state index is -1.20. The summed E-state index contributed by atoms with van der Waals surface area (Å²) in [5.41, 5.74) is 1.40. The molecule has 0 saturated carbocycles. The van der Waals surface area contributed by atoms with Gasteiger partial charge >= 0.3 is 11.8 Å². The molecule has 2 N–H and O–H groups in total. The second-order valence-electron chi connectivity index (χ2n) is 8.40. The zero-order valence-electron chi connectivity index (χ0n) is 19.2. The molecule has 5 aromatic rings. The first kappa shape index (κ1) is 22.9. The van der Waals surface area contributed by atoms with Gasteiger partial charge in [0.2, 0.25) is 0 Å². The predicted molar refractivity (Wildman–Crippen MR) is 137 cm³/mol. The molecule has 36 heavy (non-hydrogen) atoms. The van der Waals surface area contributed by atoms with Crippen molar-refractivity contribution in [3.05, 3.63) is 124 Å². The van der Waals surface area contributed by atoms with Gasteiger partial charge in [0.25, 0.3) is 5.56 Å². The van der Waals surface area contributed by atoms with Gasteiger partial charge in [-0.2, -0.15) is 0 Å². The Labute approximate surface area is 205 Å². The van der Waals surface area contributed by atoms with Gasteiger partial charge in [-0.3, -0.25) is 14.7 Å². The maximum Gasteiger partial charge on any atom is 0.409 e. The molecule has 3 aromatic carbocycles. The number of rotatable bonds is 7. The Balaban J connectivity index is 1.65. The number of benzene rings is 3. The molecule has 2 heterocycles. The smallest absolute Gasteiger partial charge is 0.409 e. The van der Waals surface area contributed by atoms with Gasteiger partial charge in [0.15, 0.2) is 0 Å². The quantitative estimate of drug-likeness (QED) is 0.366. The molecule has 1 unspecified atom stereocenters. The van der Waals surface area contributed by atoms with Crippen LogP contribution in [0.5, 0.6) is 0 Å². The SMILES string of the molecule is O=C(O)Nc1ccc(-n2c(=O)c3ccccc3n(CC(Cn3ccnc3)c3ccccc3)c2=O)cc1. The van der Waals surface area contributed by atoms with Gasteiger partial charge < -0.3 is 9.67 Å². The monoisotopic (exact) mass is 481 g/mol. The molecular formula is C27H23N5O4. The number of anilines is 1. The Bertz CT molecular complexity index is 1620. The summed E-state index contributed by atoms with van der Waals surface area (Å²) in [7, 11) is 0. The van der Waals surface area contributed by atoms with Gasteiger partial charge in [0, 0.05) is 37.1 Å². The summed E-state index contributed by atoms with van der Waals surface area (Å²) in [4.78, 5) is 42.3. The van der Waals surface area contributed by atoms with Crippen LogP contribution < -0.4 is 16.6 Å². The summed E-state index contributed by atoms with van der Waals surface area (Å²) < 4.78 is 4.73. The number of aromatic nitrogens is 4. The van der Waals surface area contributed by atoms with Gasteiger partial charge in [-0.25, -0.2) is 19.1 Å². The van der Waals surface area contributed by atoms with Crippen LogP contribution in [0.4, 0.5) is 10.5 Å². The first-order valence-corrected chi connectivity index (χ1v) is 11.4. The summed E-state index contributed by atoms with van der Waals surface area (Å²) >= 11 is 0. The van der Waals surface area contributed by atoms with E-state index in [1.54, 1.807) is 47.4 Å². The number of amides is 1. The Kier molecular flexibility index (Phi) is 6.19. The van der Waals surface area contributed by atoms with E-state index in [0.29, 0.717) is 35.4 Å². The van der Waals surface area contributed by atoms with E-state index in [1.165, 1.54) is 12.1 Å². The molecule has 0 bridgehead atoms. The topological polar surface area (TPSA) is 111 Å². The number of imidazole rings is 1. The lowest BCUT2D eigenvalue weighted by atomic mass is 9.98. The molecule has 9 nitrogen and oxygen atoms in total. The largest absolute Gasteiger partial charge is 0.465 e. The fraction of sp³-hybridized carbons (Fsp3) is 0.111. The number of hydrogen-bond donors (Lipinski definition) is 2. The second-order valence-corrected chi connectivity index (χ2v) is 8.40. The standard InChI is InChI=1S/C27H23N5O4/c33-25-23-8-4-5-9-24(23)31(27(36)32(25)22-12-10-21(11-13-22)29-26(34)35)17-20(16-30-15-14-28-18-30)19-6-2-1-3-7-19/h1-15,18,20,29H,16-17H2,(H,34,35). The van der Waals surface area contributed by atoms with Crippen LogP contribution in [0.15, 0.2) is 107 Å². The van der Waals surface area contributed by atoms with Crippen molar-refractivity contribution < 1.29 is 9.90 Å². The van der Waals surface area contributed by atoms with Crippen molar-refractivity contribution in [2.24, 2.45) is 0 Å². The maximum absolute atomic E-state index is 13.8. The first-order valence-electron chi connectivity index (χ1n) is 11.4. The van der Waals surface area contributed by atoms with E-state index in [0.717, 1.165) is 10.1 Å². The minimum absolute atomic E-state index is 0.0744. The number of fused-ring (bicyclic) bond motifs is 1. The first-order chi connectivity index (χ1) is 17.5. The molecule has 0 radical (unpaired) electrons. The van der Waals surface area contributed by atoms with Gasteiger partial charge in [-0.15, -0.1) is 0 Å². The molecule has 0 fully saturated rings. The Morgan fingerprint density at radius 3 is 2.33 bits per heavy atom. The van der Waals surface area contributed by atoms with Crippen LogP contribution in [-0.2, 0) is 13.1 Å². The molecule has 0 aliphatic carbocycles. The number of para-hydroxylation sites is 1. The van der Waals surface area contributed by atoms with Crippen LogP contribution in [0.1, 0.15) is 11.5 Å².